The number of hydrogen-bond donors (Lipinski definition) is 0. The van der Waals surface area contributed by atoms with Gasteiger partial charge in [0.25, 0.3) is 0 Å². The van der Waals surface area contributed by atoms with E-state index >= 15 is 0 Å². The van der Waals surface area contributed by atoms with E-state index in [1.807, 2.05) is 194 Å². The van der Waals surface area contributed by atoms with Crippen LogP contribution >= 0.6 is 0 Å². The minimum absolute atomic E-state index is 0. The van der Waals surface area contributed by atoms with E-state index in [9.17, 15) is 19.2 Å². The molecule has 0 bridgehead atoms. The van der Waals surface area contributed by atoms with E-state index < -0.39 is 23.7 Å². The molecule has 0 aliphatic heterocycles. The number of carbonyl (C=O) groups is 4. The maximum absolute atomic E-state index is 14.9. The van der Waals surface area contributed by atoms with Crippen molar-refractivity contribution in [2.75, 3.05) is 47.8 Å². The first-order valence-corrected chi connectivity index (χ1v) is 33.7. The number of rotatable bonds is 17. The van der Waals surface area contributed by atoms with Crippen LogP contribution in [0.5, 0.6) is 0 Å². The molecule has 4 atom stereocenters. The molecule has 6 aromatic carbocycles. The number of benzene rings is 6. The largest absolute Gasteiger partial charge is 3.00 e. The topological polar surface area (TPSA) is 159 Å². The maximum Gasteiger partial charge on any atom is 3.00 e. The molecule has 16 heteroatoms. The van der Waals surface area contributed by atoms with Crippen LogP contribution in [0.2, 0.25) is 0 Å². The van der Waals surface area contributed by atoms with Gasteiger partial charge in [0.1, 0.15) is 0 Å². The first kappa shape index (κ1) is 71.2. The Balaban J connectivity index is 0.00000491. The van der Waals surface area contributed by atoms with Crippen molar-refractivity contribution < 1.29 is 59.4 Å². The van der Waals surface area contributed by atoms with Crippen LogP contribution in [0.3, 0.4) is 0 Å². The van der Waals surface area contributed by atoms with Crippen LogP contribution in [0, 0.1) is 60.1 Å². The van der Waals surface area contributed by atoms with Gasteiger partial charge in [-0.05, 0) is 144 Å². The van der Waals surface area contributed by atoms with Gasteiger partial charge in [0, 0.05) is 76.6 Å². The number of carbonyl (C=O) groups excluding carboxylic acids is 4. The van der Waals surface area contributed by atoms with E-state index in [1.54, 1.807) is 72.6 Å². The van der Waals surface area contributed by atoms with Gasteiger partial charge in [0.05, 0.1) is 0 Å². The zero-order valence-electron chi connectivity index (χ0n) is 56.6. The smallest absolute Gasteiger partial charge is 0.357 e. The van der Waals surface area contributed by atoms with Gasteiger partial charge in [-0.3, -0.25) is 19.2 Å². The normalized spacial score (nSPS) is 17.0. The summed E-state index contributed by atoms with van der Waals surface area (Å²) in [5.41, 5.74) is 15.8. The fraction of sp³-hybridized carbons (Fsp3) is 0.186. The molecule has 6 aromatic heterocycles. The van der Waals surface area contributed by atoms with Gasteiger partial charge in [-0.15, -0.1) is 131 Å². The number of nitrogens with zero attached hydrogens (tertiary/aromatic N) is 10. The van der Waals surface area contributed by atoms with Crippen LogP contribution in [-0.2, 0) is 59.4 Å². The molecule has 12 aromatic rings. The number of amides is 4. The molecule has 14 nitrogen and oxygen atoms in total. The van der Waals surface area contributed by atoms with Crippen LogP contribution in [0.15, 0.2) is 243 Å². The van der Waals surface area contributed by atoms with E-state index in [2.05, 4.69) is 80.6 Å². The molecule has 4 amide bonds. The van der Waals surface area contributed by atoms with Crippen molar-refractivity contribution in [2.45, 2.75) is 50.4 Å². The summed E-state index contributed by atoms with van der Waals surface area (Å²) in [6, 6.07) is 85.9. The SMILES string of the molecule is CN(C(=O)C1CC(C(=O)N(C)c2c[c-]c(-c3ccccn3)cc2)CC(c2ccccc2-c2c[c-]c(-c3[c-]cc(-c4ccccc4C4CC(C(=O)N(C)c5c[c-]c(-c6ccccn6)cc5)CC(C(=O)N(C)c5c[c-]c(-c6ccccn6)cc5)C4)cn3)nc2)C1)c1c[c-]c(-c2ccccn2)cc1.[Ir+3].[Ir+3]. The Kier molecular flexibility index (Phi) is 22.6. The Morgan fingerprint density at radius 2 is 0.588 bits per heavy atom. The molecular formula is C86H70Ir2N10O4. The molecule has 4 unspecified atom stereocenters. The molecule has 102 heavy (non-hydrogen) atoms. The van der Waals surface area contributed by atoms with Crippen LogP contribution in [0.25, 0.3) is 78.7 Å². The Bertz CT molecular complexity index is 4310. The van der Waals surface area contributed by atoms with Crippen molar-refractivity contribution in [3.8, 4) is 78.7 Å². The van der Waals surface area contributed by atoms with Crippen molar-refractivity contribution in [1.82, 2.24) is 29.9 Å². The minimum Gasteiger partial charge on any atom is -0.357 e. The molecule has 2 aliphatic rings. The monoisotopic (exact) mass is 1690 g/mol. The van der Waals surface area contributed by atoms with Crippen molar-refractivity contribution in [3.05, 3.63) is 291 Å². The Morgan fingerprint density at radius 1 is 0.314 bits per heavy atom. The first-order chi connectivity index (χ1) is 48.9. The molecule has 2 aliphatic carbocycles. The summed E-state index contributed by atoms with van der Waals surface area (Å²) in [5.74, 6) is -2.60. The molecule has 0 saturated heterocycles. The number of hydrogen-bond acceptors (Lipinski definition) is 10. The minimum atomic E-state index is -0.486. The number of pyridine rings is 6. The van der Waals surface area contributed by atoms with E-state index in [1.165, 1.54) is 0 Å². The Labute approximate surface area is 622 Å². The third-order valence-corrected chi connectivity index (χ3v) is 19.7. The number of aromatic nitrogens is 6. The molecule has 2 fully saturated rings. The summed E-state index contributed by atoms with van der Waals surface area (Å²) in [4.78, 5) is 94.2. The summed E-state index contributed by atoms with van der Waals surface area (Å²) in [6.07, 6.45) is 13.5. The second kappa shape index (κ2) is 32.4. The quantitative estimate of drug-likeness (QED) is 0.0803. The van der Waals surface area contributed by atoms with E-state index in [-0.39, 0.29) is 75.7 Å². The molecule has 14 rings (SSSR count). The van der Waals surface area contributed by atoms with Gasteiger partial charge in [0.15, 0.2) is 0 Å². The molecule has 0 N–H and O–H groups in total. The maximum atomic E-state index is 14.9. The second-order valence-electron chi connectivity index (χ2n) is 25.8. The molecule has 506 valence electrons. The zero-order chi connectivity index (χ0) is 68.6. The average Bonchev–Trinajstić information content (AvgIpc) is 0.785. The summed E-state index contributed by atoms with van der Waals surface area (Å²) < 4.78 is 0. The van der Waals surface area contributed by atoms with Gasteiger partial charge < -0.3 is 49.5 Å². The van der Waals surface area contributed by atoms with Crippen LogP contribution in [0.1, 0.15) is 61.5 Å². The zero-order valence-corrected chi connectivity index (χ0v) is 61.4. The Hall–Kier alpha value is -10.6. The van der Waals surface area contributed by atoms with Crippen LogP contribution in [0.4, 0.5) is 22.7 Å². The predicted octanol–water partition coefficient (Wildman–Crippen LogP) is 16.2. The molecular weight excluding hydrogens is 1620 g/mol. The standard InChI is InChI=1S/C86H70N10O4.2Ir/c1-93(69-35-25-57(26-36-69)77-21-9-13-45-87-77)83(97)65-49-63(50-66(53-65)84(98)94(2)70-37-27-58(28-38-70)78-22-10-14-46-88-78)75-19-7-5-17-73(75)61-33-43-81(91-55-61)82-44-34-62(56-92-82)74-18-6-8-20-76(74)64-51-67(85(99)95(3)71-39-29-59(30-40-71)79-23-11-15-47-89-79)54-68(52-64)86(100)96(4)72-41-31-60(32-42-72)80-24-12-16-48-90-80;;/h5-25,27,29,31,33-42,45-48,55-56,63-68H,49-54H2,1-4H3;;/q-6;2*+3. The van der Waals surface area contributed by atoms with Crippen molar-refractivity contribution in [2.24, 2.45) is 23.7 Å². The molecule has 2 saturated carbocycles. The van der Waals surface area contributed by atoms with E-state index in [4.69, 9.17) is 9.97 Å². The summed E-state index contributed by atoms with van der Waals surface area (Å²) in [6.45, 7) is 0. The van der Waals surface area contributed by atoms with E-state index in [0.717, 1.165) is 78.4 Å². The van der Waals surface area contributed by atoms with Gasteiger partial charge in [-0.25, -0.2) is 12.1 Å². The second-order valence-corrected chi connectivity index (χ2v) is 25.8. The average molecular weight is 1690 g/mol. The van der Waals surface area contributed by atoms with Crippen LogP contribution < -0.4 is 19.6 Å². The van der Waals surface area contributed by atoms with Gasteiger partial charge >= 0.3 is 40.2 Å². The van der Waals surface area contributed by atoms with Crippen molar-refractivity contribution >= 4 is 46.4 Å². The first-order valence-electron chi connectivity index (χ1n) is 33.7. The fourth-order valence-corrected chi connectivity index (χ4v) is 14.3. The molecule has 6 heterocycles. The van der Waals surface area contributed by atoms with Crippen molar-refractivity contribution in [1.29, 1.82) is 0 Å². The fourth-order valence-electron chi connectivity index (χ4n) is 14.3. The van der Waals surface area contributed by atoms with Crippen LogP contribution in [-0.4, -0.2) is 81.7 Å². The third-order valence-electron chi connectivity index (χ3n) is 19.7. The van der Waals surface area contributed by atoms with Crippen molar-refractivity contribution in [3.63, 3.8) is 0 Å². The molecule has 0 spiro atoms. The van der Waals surface area contributed by atoms with E-state index in [0.29, 0.717) is 72.7 Å². The molecule has 0 radical (unpaired) electrons. The third kappa shape index (κ3) is 15.6. The van der Waals surface area contributed by atoms with Gasteiger partial charge in [0.2, 0.25) is 23.6 Å². The predicted molar refractivity (Wildman–Crippen MR) is 391 cm³/mol. The summed E-state index contributed by atoms with van der Waals surface area (Å²) in [7, 11) is 7.17. The summed E-state index contributed by atoms with van der Waals surface area (Å²) >= 11 is 0. The summed E-state index contributed by atoms with van der Waals surface area (Å²) in [5, 5.41) is 0. The Morgan fingerprint density at radius 3 is 0.824 bits per heavy atom. The number of anilines is 4. The van der Waals surface area contributed by atoms with Gasteiger partial charge in [-0.2, -0.15) is 12.1 Å². The van der Waals surface area contributed by atoms with Gasteiger partial charge in [-0.1, -0.05) is 119 Å².